The van der Waals surface area contributed by atoms with Gasteiger partial charge in [-0.15, -0.1) is 11.3 Å². The summed E-state index contributed by atoms with van der Waals surface area (Å²) in [5.41, 5.74) is 1.17. The van der Waals surface area contributed by atoms with Gasteiger partial charge in [0.2, 0.25) is 0 Å². The summed E-state index contributed by atoms with van der Waals surface area (Å²) in [5.74, 6) is 0.593. The van der Waals surface area contributed by atoms with Crippen LogP contribution in [-0.2, 0) is 0 Å². The standard InChI is InChI=1S/C10H18N2S/c1-6(2)9(11-5)10-12-7(3)8(4)13-10/h6,9,11H,1-5H3. The molecule has 0 saturated carbocycles. The van der Waals surface area contributed by atoms with Gasteiger partial charge < -0.3 is 5.32 Å². The molecule has 74 valence electrons. The fraction of sp³-hybridized carbons (Fsp3) is 0.700. The van der Waals surface area contributed by atoms with Gasteiger partial charge in [0.25, 0.3) is 0 Å². The minimum Gasteiger partial charge on any atom is -0.311 e. The van der Waals surface area contributed by atoms with Crippen molar-refractivity contribution >= 4 is 11.3 Å². The Bertz CT molecular complexity index is 259. The van der Waals surface area contributed by atoms with Crippen molar-refractivity contribution in [2.24, 2.45) is 5.92 Å². The van der Waals surface area contributed by atoms with Crippen molar-refractivity contribution in [3.8, 4) is 0 Å². The zero-order chi connectivity index (χ0) is 10.0. The van der Waals surface area contributed by atoms with Crippen LogP contribution in [0.25, 0.3) is 0 Å². The summed E-state index contributed by atoms with van der Waals surface area (Å²) in [6, 6.07) is 0.400. The van der Waals surface area contributed by atoms with Crippen LogP contribution < -0.4 is 5.32 Å². The van der Waals surface area contributed by atoms with Crippen LogP contribution in [0.5, 0.6) is 0 Å². The lowest BCUT2D eigenvalue weighted by molar-refractivity contribution is 0.441. The molecular formula is C10H18N2S. The molecule has 13 heavy (non-hydrogen) atoms. The van der Waals surface area contributed by atoms with Crippen LogP contribution in [0.3, 0.4) is 0 Å². The van der Waals surface area contributed by atoms with Crippen molar-refractivity contribution in [1.29, 1.82) is 0 Å². The normalized spacial score (nSPS) is 13.7. The third-order valence-corrected chi connectivity index (χ3v) is 3.44. The SMILES string of the molecule is CNC(c1nc(C)c(C)s1)C(C)C. The highest BCUT2D eigenvalue weighted by atomic mass is 32.1. The summed E-state index contributed by atoms with van der Waals surface area (Å²) >= 11 is 1.80. The van der Waals surface area contributed by atoms with Gasteiger partial charge in [-0.2, -0.15) is 0 Å². The number of aryl methyl sites for hydroxylation is 2. The second-order valence-corrected chi connectivity index (χ2v) is 4.94. The van der Waals surface area contributed by atoms with E-state index in [1.54, 1.807) is 11.3 Å². The summed E-state index contributed by atoms with van der Waals surface area (Å²) in [6.07, 6.45) is 0. The van der Waals surface area contributed by atoms with Crippen LogP contribution in [0.1, 0.15) is 35.5 Å². The van der Waals surface area contributed by atoms with Gasteiger partial charge in [-0.05, 0) is 26.8 Å². The number of rotatable bonds is 3. The molecule has 0 fully saturated rings. The lowest BCUT2D eigenvalue weighted by atomic mass is 10.1. The maximum atomic E-state index is 4.56. The summed E-state index contributed by atoms with van der Waals surface area (Å²) in [6.45, 7) is 8.63. The van der Waals surface area contributed by atoms with E-state index in [1.807, 2.05) is 7.05 Å². The highest BCUT2D eigenvalue weighted by molar-refractivity contribution is 7.11. The maximum Gasteiger partial charge on any atom is 0.110 e. The first kappa shape index (κ1) is 10.7. The van der Waals surface area contributed by atoms with E-state index in [4.69, 9.17) is 0 Å². The molecule has 0 radical (unpaired) electrons. The minimum absolute atomic E-state index is 0.400. The Hall–Kier alpha value is -0.410. The molecule has 1 rings (SSSR count). The summed E-state index contributed by atoms with van der Waals surface area (Å²) < 4.78 is 0. The fourth-order valence-electron chi connectivity index (χ4n) is 1.37. The third-order valence-electron chi connectivity index (χ3n) is 2.29. The van der Waals surface area contributed by atoms with Crippen LogP contribution in [0.15, 0.2) is 0 Å². The van der Waals surface area contributed by atoms with Crippen LogP contribution in [-0.4, -0.2) is 12.0 Å². The zero-order valence-electron chi connectivity index (χ0n) is 9.01. The fourth-order valence-corrected chi connectivity index (χ4v) is 2.58. The molecular weight excluding hydrogens is 180 g/mol. The van der Waals surface area contributed by atoms with Crippen LogP contribution >= 0.6 is 11.3 Å². The van der Waals surface area contributed by atoms with Crippen molar-refractivity contribution in [2.75, 3.05) is 7.05 Å². The largest absolute Gasteiger partial charge is 0.311 e. The van der Waals surface area contributed by atoms with Crippen molar-refractivity contribution < 1.29 is 0 Å². The molecule has 1 N–H and O–H groups in total. The average Bonchev–Trinajstić information content (AvgIpc) is 2.32. The smallest absolute Gasteiger partial charge is 0.110 e. The molecule has 1 heterocycles. The second-order valence-electron chi connectivity index (χ2n) is 3.70. The van der Waals surface area contributed by atoms with Crippen molar-refractivity contribution in [3.05, 3.63) is 15.6 Å². The molecule has 0 amide bonds. The number of nitrogens with zero attached hydrogens (tertiary/aromatic N) is 1. The predicted molar refractivity (Wildman–Crippen MR) is 58.2 cm³/mol. The Morgan fingerprint density at radius 2 is 1.92 bits per heavy atom. The summed E-state index contributed by atoms with van der Waals surface area (Å²) in [4.78, 5) is 5.89. The lowest BCUT2D eigenvalue weighted by Gasteiger charge is -2.16. The molecule has 2 nitrogen and oxygen atoms in total. The second kappa shape index (κ2) is 4.20. The van der Waals surface area contributed by atoms with Gasteiger partial charge in [-0.3, -0.25) is 0 Å². The molecule has 1 aromatic rings. The van der Waals surface area contributed by atoms with Gasteiger partial charge in [-0.1, -0.05) is 13.8 Å². The van der Waals surface area contributed by atoms with Gasteiger partial charge in [0.05, 0.1) is 11.7 Å². The summed E-state index contributed by atoms with van der Waals surface area (Å²) in [7, 11) is 2.00. The topological polar surface area (TPSA) is 24.9 Å². The first-order valence-electron chi connectivity index (χ1n) is 4.67. The van der Waals surface area contributed by atoms with E-state index >= 15 is 0 Å². The van der Waals surface area contributed by atoms with Gasteiger partial charge in [0.15, 0.2) is 0 Å². The Balaban J connectivity index is 2.92. The molecule has 0 aliphatic rings. The molecule has 0 saturated heterocycles. The number of hydrogen-bond acceptors (Lipinski definition) is 3. The monoisotopic (exact) mass is 198 g/mol. The van der Waals surface area contributed by atoms with Crippen molar-refractivity contribution in [3.63, 3.8) is 0 Å². The van der Waals surface area contributed by atoms with E-state index in [2.05, 4.69) is 38.0 Å². The zero-order valence-corrected chi connectivity index (χ0v) is 9.83. The van der Waals surface area contributed by atoms with E-state index in [-0.39, 0.29) is 0 Å². The number of nitrogens with one attached hydrogen (secondary N) is 1. The first-order valence-corrected chi connectivity index (χ1v) is 5.49. The van der Waals surface area contributed by atoms with Gasteiger partial charge in [0.1, 0.15) is 5.01 Å². The molecule has 0 spiro atoms. The molecule has 1 unspecified atom stereocenters. The Morgan fingerprint density at radius 3 is 2.23 bits per heavy atom. The third kappa shape index (κ3) is 2.29. The van der Waals surface area contributed by atoms with Crippen molar-refractivity contribution in [1.82, 2.24) is 10.3 Å². The predicted octanol–water partition coefficient (Wildman–Crippen LogP) is 2.68. The Kier molecular flexibility index (Phi) is 3.45. The van der Waals surface area contributed by atoms with E-state index in [0.29, 0.717) is 12.0 Å². The van der Waals surface area contributed by atoms with E-state index in [0.717, 1.165) is 0 Å². The number of thiazole rings is 1. The molecule has 0 aliphatic heterocycles. The van der Waals surface area contributed by atoms with E-state index in [9.17, 15) is 0 Å². The lowest BCUT2D eigenvalue weighted by Crippen LogP contribution is -2.21. The van der Waals surface area contributed by atoms with Gasteiger partial charge in [0, 0.05) is 4.88 Å². The average molecular weight is 198 g/mol. The highest BCUT2D eigenvalue weighted by Gasteiger charge is 2.17. The molecule has 0 bridgehead atoms. The molecule has 3 heteroatoms. The van der Waals surface area contributed by atoms with E-state index in [1.165, 1.54) is 15.6 Å². The van der Waals surface area contributed by atoms with Crippen LogP contribution in [0.2, 0.25) is 0 Å². The van der Waals surface area contributed by atoms with Crippen LogP contribution in [0.4, 0.5) is 0 Å². The number of hydrogen-bond donors (Lipinski definition) is 1. The maximum absolute atomic E-state index is 4.56. The van der Waals surface area contributed by atoms with Gasteiger partial charge in [-0.25, -0.2) is 4.98 Å². The molecule has 0 aliphatic carbocycles. The first-order chi connectivity index (χ1) is 6.06. The highest BCUT2D eigenvalue weighted by Crippen LogP contribution is 2.27. The molecule has 1 aromatic heterocycles. The Labute approximate surface area is 84.4 Å². The molecule has 0 aromatic carbocycles. The minimum atomic E-state index is 0.400. The van der Waals surface area contributed by atoms with Crippen LogP contribution in [0, 0.1) is 19.8 Å². The Morgan fingerprint density at radius 1 is 1.31 bits per heavy atom. The quantitative estimate of drug-likeness (QED) is 0.807. The van der Waals surface area contributed by atoms with Crippen molar-refractivity contribution in [2.45, 2.75) is 33.7 Å². The molecule has 1 atom stereocenters. The van der Waals surface area contributed by atoms with Gasteiger partial charge >= 0.3 is 0 Å². The van der Waals surface area contributed by atoms with E-state index < -0.39 is 0 Å². The number of aromatic nitrogens is 1. The summed E-state index contributed by atoms with van der Waals surface area (Å²) in [5, 5.41) is 4.52.